The normalized spacial score (nSPS) is 12.2. The summed E-state index contributed by atoms with van der Waals surface area (Å²) in [5.74, 6) is 1.21. The highest BCUT2D eigenvalue weighted by Gasteiger charge is 2.12. The van der Waals surface area contributed by atoms with Crippen LogP contribution in [-0.4, -0.2) is 16.3 Å². The van der Waals surface area contributed by atoms with Crippen molar-refractivity contribution in [1.82, 2.24) is 4.98 Å². The molecule has 0 aliphatic carbocycles. The Hall–Kier alpha value is -1.52. The Morgan fingerprint density at radius 2 is 2.00 bits per heavy atom. The zero-order chi connectivity index (χ0) is 13.0. The monoisotopic (exact) mass is 261 g/mol. The summed E-state index contributed by atoms with van der Waals surface area (Å²) in [6.45, 7) is 1.70. The van der Waals surface area contributed by atoms with E-state index < -0.39 is 6.10 Å². The van der Waals surface area contributed by atoms with E-state index in [1.165, 1.54) is 0 Å². The Morgan fingerprint density at radius 3 is 2.72 bits per heavy atom. The second kappa shape index (κ2) is 5.89. The third-order valence-corrected chi connectivity index (χ3v) is 3.30. The highest BCUT2D eigenvalue weighted by molar-refractivity contribution is 7.98. The fourth-order valence-electron chi connectivity index (χ4n) is 1.61. The molecule has 0 unspecified atom stereocenters. The SMILES string of the molecule is CSc1ccccc1Oc1ncccc1[C@H](C)O. The lowest BCUT2D eigenvalue weighted by Gasteiger charge is -2.13. The van der Waals surface area contributed by atoms with Crippen molar-refractivity contribution in [2.24, 2.45) is 0 Å². The number of benzene rings is 1. The summed E-state index contributed by atoms with van der Waals surface area (Å²) in [4.78, 5) is 5.22. The molecule has 0 amide bonds. The molecule has 0 aliphatic heterocycles. The molecule has 0 fully saturated rings. The minimum atomic E-state index is -0.602. The van der Waals surface area contributed by atoms with Crippen LogP contribution in [0.1, 0.15) is 18.6 Å². The number of ether oxygens (including phenoxy) is 1. The van der Waals surface area contributed by atoms with Crippen molar-refractivity contribution in [3.63, 3.8) is 0 Å². The molecule has 0 saturated carbocycles. The van der Waals surface area contributed by atoms with Crippen molar-refractivity contribution in [1.29, 1.82) is 0 Å². The molecule has 1 heterocycles. The van der Waals surface area contributed by atoms with Gasteiger partial charge in [-0.25, -0.2) is 4.98 Å². The number of pyridine rings is 1. The number of thioether (sulfide) groups is 1. The van der Waals surface area contributed by atoms with Crippen LogP contribution in [0.2, 0.25) is 0 Å². The van der Waals surface area contributed by atoms with E-state index in [9.17, 15) is 5.11 Å². The second-order valence-corrected chi connectivity index (χ2v) is 4.67. The van der Waals surface area contributed by atoms with Crippen molar-refractivity contribution < 1.29 is 9.84 Å². The fourth-order valence-corrected chi connectivity index (χ4v) is 2.14. The number of nitrogens with zero attached hydrogens (tertiary/aromatic N) is 1. The summed E-state index contributed by atoms with van der Waals surface area (Å²) in [7, 11) is 0. The van der Waals surface area contributed by atoms with Crippen molar-refractivity contribution in [3.8, 4) is 11.6 Å². The quantitative estimate of drug-likeness (QED) is 0.853. The van der Waals surface area contributed by atoms with Gasteiger partial charge in [-0.2, -0.15) is 0 Å². The van der Waals surface area contributed by atoms with E-state index in [4.69, 9.17) is 4.74 Å². The summed E-state index contributed by atoms with van der Waals surface area (Å²) in [5, 5.41) is 9.68. The number of aliphatic hydroxyl groups excluding tert-OH is 1. The predicted octanol–water partition coefficient (Wildman–Crippen LogP) is 3.65. The van der Waals surface area contributed by atoms with Crippen LogP contribution in [0.4, 0.5) is 0 Å². The Morgan fingerprint density at radius 1 is 1.22 bits per heavy atom. The van der Waals surface area contributed by atoms with Gasteiger partial charge in [0.05, 0.1) is 6.10 Å². The van der Waals surface area contributed by atoms with Crippen molar-refractivity contribution >= 4 is 11.8 Å². The zero-order valence-corrected chi connectivity index (χ0v) is 11.1. The number of hydrogen-bond acceptors (Lipinski definition) is 4. The summed E-state index contributed by atoms with van der Waals surface area (Å²) < 4.78 is 5.80. The van der Waals surface area contributed by atoms with Gasteiger partial charge >= 0.3 is 0 Å². The van der Waals surface area contributed by atoms with Gasteiger partial charge in [0.2, 0.25) is 5.88 Å². The molecule has 0 radical (unpaired) electrons. The van der Waals surface area contributed by atoms with Gasteiger partial charge in [0, 0.05) is 16.7 Å². The van der Waals surface area contributed by atoms with E-state index in [0.29, 0.717) is 11.4 Å². The molecule has 0 saturated heterocycles. The van der Waals surface area contributed by atoms with Crippen LogP contribution in [0.3, 0.4) is 0 Å². The molecule has 1 aromatic carbocycles. The van der Waals surface area contributed by atoms with Crippen LogP contribution in [0.5, 0.6) is 11.6 Å². The molecule has 1 aromatic heterocycles. The van der Waals surface area contributed by atoms with Gasteiger partial charge < -0.3 is 9.84 Å². The standard InChI is InChI=1S/C14H15NO2S/c1-10(16)11-6-5-9-15-14(11)17-12-7-3-4-8-13(12)18-2/h3-10,16H,1-2H3/t10-/m0/s1. The molecular weight excluding hydrogens is 246 g/mol. The molecule has 0 spiro atoms. The van der Waals surface area contributed by atoms with E-state index in [1.54, 1.807) is 30.9 Å². The lowest BCUT2D eigenvalue weighted by Crippen LogP contribution is -1.98. The highest BCUT2D eigenvalue weighted by Crippen LogP contribution is 2.33. The van der Waals surface area contributed by atoms with E-state index in [1.807, 2.05) is 36.6 Å². The van der Waals surface area contributed by atoms with Gasteiger partial charge in [0.1, 0.15) is 5.75 Å². The molecule has 1 N–H and O–H groups in total. The first-order valence-corrected chi connectivity index (χ1v) is 6.88. The van der Waals surface area contributed by atoms with Crippen LogP contribution < -0.4 is 4.74 Å². The number of aromatic nitrogens is 1. The van der Waals surface area contributed by atoms with Gasteiger partial charge in [-0.1, -0.05) is 12.1 Å². The summed E-state index contributed by atoms with van der Waals surface area (Å²) in [5.41, 5.74) is 0.688. The van der Waals surface area contributed by atoms with Gasteiger partial charge in [0.25, 0.3) is 0 Å². The van der Waals surface area contributed by atoms with Crippen molar-refractivity contribution in [2.45, 2.75) is 17.9 Å². The molecule has 0 bridgehead atoms. The number of hydrogen-bond donors (Lipinski definition) is 1. The third-order valence-electron chi connectivity index (χ3n) is 2.53. The summed E-state index contributed by atoms with van der Waals surface area (Å²) in [6.07, 6.45) is 3.05. The molecule has 2 rings (SSSR count). The largest absolute Gasteiger partial charge is 0.437 e. The average Bonchev–Trinajstić information content (AvgIpc) is 2.40. The lowest BCUT2D eigenvalue weighted by molar-refractivity contribution is 0.194. The Kier molecular flexibility index (Phi) is 4.23. The molecule has 1 atom stereocenters. The molecule has 2 aromatic rings. The average molecular weight is 261 g/mol. The van der Waals surface area contributed by atoms with Crippen molar-refractivity contribution in [3.05, 3.63) is 48.2 Å². The van der Waals surface area contributed by atoms with Crippen LogP contribution in [0.15, 0.2) is 47.5 Å². The molecule has 0 aliphatic rings. The van der Waals surface area contributed by atoms with Crippen LogP contribution in [-0.2, 0) is 0 Å². The Labute approximate surface area is 111 Å². The third kappa shape index (κ3) is 2.83. The van der Waals surface area contributed by atoms with Gasteiger partial charge in [-0.3, -0.25) is 0 Å². The van der Waals surface area contributed by atoms with Gasteiger partial charge in [0.15, 0.2) is 0 Å². The summed E-state index contributed by atoms with van der Waals surface area (Å²) in [6, 6.07) is 11.4. The molecular formula is C14H15NO2S. The minimum absolute atomic E-state index is 0.453. The number of para-hydroxylation sites is 1. The maximum atomic E-state index is 9.68. The molecule has 4 heteroatoms. The topological polar surface area (TPSA) is 42.4 Å². The lowest BCUT2D eigenvalue weighted by atomic mass is 10.2. The first-order chi connectivity index (χ1) is 8.72. The Bertz CT molecular complexity index is 529. The van der Waals surface area contributed by atoms with Crippen LogP contribution in [0, 0.1) is 0 Å². The maximum absolute atomic E-state index is 9.68. The first-order valence-electron chi connectivity index (χ1n) is 5.66. The Balaban J connectivity index is 2.34. The van der Waals surface area contributed by atoms with E-state index >= 15 is 0 Å². The zero-order valence-electron chi connectivity index (χ0n) is 10.3. The smallest absolute Gasteiger partial charge is 0.225 e. The molecule has 3 nitrogen and oxygen atoms in total. The first kappa shape index (κ1) is 12.9. The maximum Gasteiger partial charge on any atom is 0.225 e. The van der Waals surface area contributed by atoms with Crippen molar-refractivity contribution in [2.75, 3.05) is 6.26 Å². The summed E-state index contributed by atoms with van der Waals surface area (Å²) >= 11 is 1.61. The van der Waals surface area contributed by atoms with Crippen LogP contribution >= 0.6 is 11.8 Å². The van der Waals surface area contributed by atoms with E-state index in [-0.39, 0.29) is 0 Å². The van der Waals surface area contributed by atoms with E-state index in [2.05, 4.69) is 4.98 Å². The molecule has 94 valence electrons. The number of rotatable bonds is 4. The molecule has 18 heavy (non-hydrogen) atoms. The van der Waals surface area contributed by atoms with Crippen LogP contribution in [0.25, 0.3) is 0 Å². The number of aliphatic hydroxyl groups is 1. The highest BCUT2D eigenvalue weighted by atomic mass is 32.2. The second-order valence-electron chi connectivity index (χ2n) is 3.83. The van der Waals surface area contributed by atoms with Gasteiger partial charge in [-0.15, -0.1) is 11.8 Å². The van der Waals surface area contributed by atoms with E-state index in [0.717, 1.165) is 10.6 Å². The fraction of sp³-hybridized carbons (Fsp3) is 0.214. The predicted molar refractivity (Wildman–Crippen MR) is 73.2 cm³/mol. The minimum Gasteiger partial charge on any atom is -0.437 e. The van der Waals surface area contributed by atoms with Gasteiger partial charge in [-0.05, 0) is 37.4 Å².